The molecule has 1 aromatic carbocycles. The predicted octanol–water partition coefficient (Wildman–Crippen LogP) is -1.52. The standard InChI is InChI=1S/C20H30N4O7S2/c1-33-7-6-13(21)17(27)24-16(10-32)19(29)22-14(8-11-2-4-12(26)5-3-11)18(28)23-15(9-25)20(30)31/h2-5,13-16,25-26,32H,6-10,21H2,1H3,(H,22,29)(H,23,28)(H,24,27)(H,30,31). The Kier molecular flexibility index (Phi) is 12.7. The van der Waals surface area contributed by atoms with Crippen LogP contribution in [0.15, 0.2) is 24.3 Å². The predicted molar refractivity (Wildman–Crippen MR) is 127 cm³/mol. The molecule has 0 bridgehead atoms. The molecule has 4 unspecified atom stereocenters. The summed E-state index contributed by atoms with van der Waals surface area (Å²) in [6.07, 6.45) is 2.24. The number of rotatable bonds is 14. The van der Waals surface area contributed by atoms with Gasteiger partial charge in [-0.25, -0.2) is 4.79 Å². The summed E-state index contributed by atoms with van der Waals surface area (Å²) < 4.78 is 0. The molecule has 1 aromatic rings. The van der Waals surface area contributed by atoms with E-state index in [1.54, 1.807) is 0 Å². The third-order valence-electron chi connectivity index (χ3n) is 4.59. The average Bonchev–Trinajstić information content (AvgIpc) is 2.79. The lowest BCUT2D eigenvalue weighted by Gasteiger charge is -2.24. The van der Waals surface area contributed by atoms with Crippen LogP contribution in [-0.4, -0.2) is 87.5 Å². The molecule has 13 heteroatoms. The van der Waals surface area contributed by atoms with E-state index in [1.807, 2.05) is 6.26 Å². The van der Waals surface area contributed by atoms with Crippen LogP contribution >= 0.6 is 24.4 Å². The summed E-state index contributed by atoms with van der Waals surface area (Å²) in [6, 6.07) is 1.15. The van der Waals surface area contributed by atoms with Crippen molar-refractivity contribution >= 4 is 48.1 Å². The Morgan fingerprint density at radius 1 is 1.00 bits per heavy atom. The highest BCUT2D eigenvalue weighted by molar-refractivity contribution is 7.98. The largest absolute Gasteiger partial charge is 0.508 e. The number of thiol groups is 1. The van der Waals surface area contributed by atoms with Gasteiger partial charge in [-0.2, -0.15) is 24.4 Å². The highest BCUT2D eigenvalue weighted by Gasteiger charge is 2.29. The Morgan fingerprint density at radius 2 is 1.55 bits per heavy atom. The van der Waals surface area contributed by atoms with Gasteiger partial charge in [-0.1, -0.05) is 12.1 Å². The Morgan fingerprint density at radius 3 is 2.06 bits per heavy atom. The molecule has 1 rings (SSSR count). The number of carboxylic acids is 1. The summed E-state index contributed by atoms with van der Waals surface area (Å²) in [7, 11) is 0. The minimum Gasteiger partial charge on any atom is -0.508 e. The Hall–Kier alpha value is -2.48. The van der Waals surface area contributed by atoms with Crippen molar-refractivity contribution in [2.75, 3.05) is 24.4 Å². The van der Waals surface area contributed by atoms with Crippen LogP contribution in [0.3, 0.4) is 0 Å². The van der Waals surface area contributed by atoms with E-state index in [9.17, 15) is 29.4 Å². The van der Waals surface area contributed by atoms with E-state index in [4.69, 9.17) is 10.8 Å². The van der Waals surface area contributed by atoms with Crippen LogP contribution in [0.1, 0.15) is 12.0 Å². The van der Waals surface area contributed by atoms with Gasteiger partial charge >= 0.3 is 5.97 Å². The number of aliphatic hydroxyl groups is 1. The highest BCUT2D eigenvalue weighted by atomic mass is 32.2. The number of nitrogens with two attached hydrogens (primary N) is 1. The summed E-state index contributed by atoms with van der Waals surface area (Å²) in [5.41, 5.74) is 6.39. The van der Waals surface area contributed by atoms with Crippen LogP contribution in [-0.2, 0) is 25.6 Å². The van der Waals surface area contributed by atoms with E-state index in [-0.39, 0.29) is 17.9 Å². The molecule has 0 aromatic heterocycles. The van der Waals surface area contributed by atoms with E-state index in [2.05, 4.69) is 28.6 Å². The van der Waals surface area contributed by atoms with Crippen LogP contribution in [0.4, 0.5) is 0 Å². The zero-order valence-electron chi connectivity index (χ0n) is 18.1. The Bertz CT molecular complexity index is 810. The molecule has 0 radical (unpaired) electrons. The maximum atomic E-state index is 12.8. The van der Waals surface area contributed by atoms with Gasteiger partial charge in [-0.05, 0) is 36.1 Å². The lowest BCUT2D eigenvalue weighted by Crippen LogP contribution is -2.58. The molecule has 11 nitrogen and oxygen atoms in total. The van der Waals surface area contributed by atoms with Crippen molar-refractivity contribution in [1.82, 2.24) is 16.0 Å². The third kappa shape index (κ3) is 9.90. The number of aromatic hydroxyl groups is 1. The molecule has 0 heterocycles. The molecule has 0 aliphatic carbocycles. The lowest BCUT2D eigenvalue weighted by atomic mass is 10.0. The summed E-state index contributed by atoms with van der Waals surface area (Å²) in [5.74, 6) is -2.95. The van der Waals surface area contributed by atoms with Gasteiger partial charge in [0.2, 0.25) is 17.7 Å². The molecule has 8 N–H and O–H groups in total. The molecule has 3 amide bonds. The molecule has 0 fully saturated rings. The number of aliphatic carboxylic acids is 1. The van der Waals surface area contributed by atoms with Crippen LogP contribution in [0.5, 0.6) is 5.75 Å². The summed E-state index contributed by atoms with van der Waals surface area (Å²) in [6.45, 7) is -0.843. The van der Waals surface area contributed by atoms with Gasteiger partial charge in [0.25, 0.3) is 0 Å². The second kappa shape index (κ2) is 14.6. The van der Waals surface area contributed by atoms with Crippen molar-refractivity contribution in [2.24, 2.45) is 5.73 Å². The first kappa shape index (κ1) is 28.6. The normalized spacial score (nSPS) is 14.4. The molecular formula is C20H30N4O7S2. The zero-order chi connectivity index (χ0) is 25.0. The smallest absolute Gasteiger partial charge is 0.328 e. The van der Waals surface area contributed by atoms with Crippen molar-refractivity contribution in [3.05, 3.63) is 29.8 Å². The number of phenolic OH excluding ortho intramolecular Hbond substituents is 1. The summed E-state index contributed by atoms with van der Waals surface area (Å²) in [4.78, 5) is 48.9. The maximum absolute atomic E-state index is 12.8. The number of hydrogen-bond acceptors (Lipinski definition) is 9. The van der Waals surface area contributed by atoms with Crippen molar-refractivity contribution in [2.45, 2.75) is 37.0 Å². The summed E-state index contributed by atoms with van der Waals surface area (Å²) >= 11 is 5.62. The summed E-state index contributed by atoms with van der Waals surface area (Å²) in [5, 5.41) is 34.9. The number of carboxylic acid groups (broad SMARTS) is 1. The monoisotopic (exact) mass is 502 g/mol. The molecule has 0 aliphatic rings. The Labute approximate surface area is 201 Å². The van der Waals surface area contributed by atoms with Crippen LogP contribution in [0, 0.1) is 0 Å². The molecule has 0 spiro atoms. The lowest BCUT2D eigenvalue weighted by molar-refractivity contribution is -0.143. The minimum absolute atomic E-state index is 0.00525. The molecule has 184 valence electrons. The van der Waals surface area contributed by atoms with E-state index >= 15 is 0 Å². The zero-order valence-corrected chi connectivity index (χ0v) is 19.8. The second-order valence-electron chi connectivity index (χ2n) is 7.15. The fraction of sp³-hybridized carbons (Fsp3) is 0.500. The number of benzene rings is 1. The van der Waals surface area contributed by atoms with E-state index in [0.29, 0.717) is 17.7 Å². The minimum atomic E-state index is -1.56. The number of phenols is 1. The number of hydrogen-bond donors (Lipinski definition) is 8. The van der Waals surface area contributed by atoms with Crippen LogP contribution < -0.4 is 21.7 Å². The first-order chi connectivity index (χ1) is 15.6. The number of nitrogens with one attached hydrogen (secondary N) is 3. The quantitative estimate of drug-likeness (QED) is 0.140. The fourth-order valence-electron chi connectivity index (χ4n) is 2.66. The van der Waals surface area contributed by atoms with Crippen molar-refractivity contribution in [1.29, 1.82) is 0 Å². The number of carbonyl (C=O) groups is 4. The van der Waals surface area contributed by atoms with Gasteiger partial charge in [-0.3, -0.25) is 14.4 Å². The highest BCUT2D eigenvalue weighted by Crippen LogP contribution is 2.12. The number of thioether (sulfide) groups is 1. The van der Waals surface area contributed by atoms with Crippen molar-refractivity contribution in [3.8, 4) is 5.75 Å². The van der Waals surface area contributed by atoms with Gasteiger partial charge in [-0.15, -0.1) is 0 Å². The van der Waals surface area contributed by atoms with Crippen molar-refractivity contribution in [3.63, 3.8) is 0 Å². The number of amides is 3. The maximum Gasteiger partial charge on any atom is 0.328 e. The average molecular weight is 503 g/mol. The van der Waals surface area contributed by atoms with Crippen LogP contribution in [0.2, 0.25) is 0 Å². The first-order valence-corrected chi connectivity index (χ1v) is 12.0. The second-order valence-corrected chi connectivity index (χ2v) is 8.50. The van der Waals surface area contributed by atoms with Gasteiger partial charge < -0.3 is 37.0 Å². The molecule has 0 saturated carbocycles. The van der Waals surface area contributed by atoms with E-state index in [1.165, 1.54) is 36.0 Å². The topological polar surface area (TPSA) is 191 Å². The first-order valence-electron chi connectivity index (χ1n) is 10.0. The SMILES string of the molecule is CSCCC(N)C(=O)NC(CS)C(=O)NC(Cc1ccc(O)cc1)C(=O)NC(CO)C(=O)O. The van der Waals surface area contributed by atoms with Crippen LogP contribution in [0.25, 0.3) is 0 Å². The molecule has 0 aliphatic heterocycles. The molecular weight excluding hydrogens is 472 g/mol. The number of aliphatic hydroxyl groups excluding tert-OH is 1. The van der Waals surface area contributed by atoms with E-state index in [0.717, 1.165) is 0 Å². The Balaban J connectivity index is 2.97. The van der Waals surface area contributed by atoms with Crippen molar-refractivity contribution < 1.29 is 34.5 Å². The van der Waals surface area contributed by atoms with Gasteiger partial charge in [0.15, 0.2) is 0 Å². The van der Waals surface area contributed by atoms with Gasteiger partial charge in [0.1, 0.15) is 23.9 Å². The van der Waals surface area contributed by atoms with Gasteiger partial charge in [0, 0.05) is 12.2 Å². The molecule has 4 atom stereocenters. The number of carbonyl (C=O) groups excluding carboxylic acids is 3. The molecule has 33 heavy (non-hydrogen) atoms. The molecule has 0 saturated heterocycles. The fourth-order valence-corrected chi connectivity index (χ4v) is 3.40. The third-order valence-corrected chi connectivity index (χ3v) is 5.60. The van der Waals surface area contributed by atoms with Gasteiger partial charge in [0.05, 0.1) is 12.6 Å². The van der Waals surface area contributed by atoms with E-state index < -0.39 is 54.5 Å².